The van der Waals surface area contributed by atoms with Crippen LogP contribution in [0, 0.1) is 0 Å². The summed E-state index contributed by atoms with van der Waals surface area (Å²) >= 11 is 6.88. The Morgan fingerprint density at radius 1 is 1.27 bits per heavy atom. The molecule has 0 aliphatic carbocycles. The van der Waals surface area contributed by atoms with Crippen LogP contribution in [0.1, 0.15) is 5.82 Å². The van der Waals surface area contributed by atoms with Crippen molar-refractivity contribution >= 4 is 31.9 Å². The third-order valence-electron chi connectivity index (χ3n) is 2.20. The molecule has 0 atom stereocenters. The maximum absolute atomic E-state index is 4.17. The molecule has 2 aromatic rings. The van der Waals surface area contributed by atoms with E-state index in [4.69, 9.17) is 0 Å². The normalized spacial score (nSPS) is 10.6. The Balaban J connectivity index is 2.55. The fourth-order valence-electron chi connectivity index (χ4n) is 1.35. The predicted molar refractivity (Wildman–Crippen MR) is 66.8 cm³/mol. The maximum Gasteiger partial charge on any atom is 0.164 e. The van der Waals surface area contributed by atoms with Crippen LogP contribution in [0.3, 0.4) is 0 Å². The minimum atomic E-state index is 0.709. The van der Waals surface area contributed by atoms with Crippen molar-refractivity contribution in [2.45, 2.75) is 5.33 Å². The Kier molecular flexibility index (Phi) is 3.21. The Hall–Kier alpha value is -0.680. The van der Waals surface area contributed by atoms with Gasteiger partial charge in [-0.1, -0.05) is 50.1 Å². The van der Waals surface area contributed by atoms with Crippen LogP contribution >= 0.6 is 31.9 Å². The second-order valence-electron chi connectivity index (χ2n) is 3.11. The molecule has 0 fully saturated rings. The summed E-state index contributed by atoms with van der Waals surface area (Å²) in [6, 6.07) is 7.99. The molecule has 0 aliphatic heterocycles. The average molecular weight is 331 g/mol. The summed E-state index contributed by atoms with van der Waals surface area (Å²) in [6.07, 6.45) is 0. The number of benzene rings is 1. The minimum Gasteiger partial charge on any atom is -0.313 e. The van der Waals surface area contributed by atoms with E-state index in [1.165, 1.54) is 0 Å². The van der Waals surface area contributed by atoms with E-state index in [2.05, 4.69) is 42.1 Å². The standard InChI is InChI=1S/C10H9Br2N3/c1-15-9(6-11)13-14-10(15)7-4-2-3-5-8(7)12/h2-5H,6H2,1H3. The first-order valence-corrected chi connectivity index (χ1v) is 6.34. The first-order valence-electron chi connectivity index (χ1n) is 4.43. The number of halogens is 2. The van der Waals surface area contributed by atoms with Gasteiger partial charge < -0.3 is 4.57 Å². The molecule has 0 bridgehead atoms. The van der Waals surface area contributed by atoms with Crippen LogP contribution < -0.4 is 0 Å². The molecule has 0 spiro atoms. The summed E-state index contributed by atoms with van der Waals surface area (Å²) in [4.78, 5) is 0. The van der Waals surface area contributed by atoms with Crippen LogP contribution in [-0.4, -0.2) is 14.8 Å². The molecule has 0 saturated heterocycles. The molecule has 78 valence electrons. The van der Waals surface area contributed by atoms with Gasteiger partial charge in [0.1, 0.15) is 5.82 Å². The Labute approximate surface area is 105 Å². The molecule has 0 amide bonds. The van der Waals surface area contributed by atoms with E-state index in [1.807, 2.05) is 35.9 Å². The number of rotatable bonds is 2. The summed E-state index contributed by atoms with van der Waals surface area (Å²) in [6.45, 7) is 0. The lowest BCUT2D eigenvalue weighted by Gasteiger charge is -2.03. The molecule has 0 N–H and O–H groups in total. The van der Waals surface area contributed by atoms with Crippen molar-refractivity contribution in [3.63, 3.8) is 0 Å². The quantitative estimate of drug-likeness (QED) is 0.792. The zero-order valence-corrected chi connectivity index (χ0v) is 11.3. The van der Waals surface area contributed by atoms with Crippen LogP contribution in [-0.2, 0) is 12.4 Å². The third-order valence-corrected chi connectivity index (χ3v) is 3.39. The van der Waals surface area contributed by atoms with Crippen LogP contribution in [0.5, 0.6) is 0 Å². The lowest BCUT2D eigenvalue weighted by molar-refractivity contribution is 0.858. The van der Waals surface area contributed by atoms with Gasteiger partial charge in [0.2, 0.25) is 0 Å². The molecule has 1 aromatic carbocycles. The second-order valence-corrected chi connectivity index (χ2v) is 4.53. The van der Waals surface area contributed by atoms with Gasteiger partial charge in [0.25, 0.3) is 0 Å². The summed E-state index contributed by atoms with van der Waals surface area (Å²) in [5, 5.41) is 8.98. The summed E-state index contributed by atoms with van der Waals surface area (Å²) in [7, 11) is 1.96. The zero-order valence-electron chi connectivity index (χ0n) is 8.11. The molecular formula is C10H9Br2N3. The monoisotopic (exact) mass is 329 g/mol. The smallest absolute Gasteiger partial charge is 0.164 e. The number of hydrogen-bond donors (Lipinski definition) is 0. The topological polar surface area (TPSA) is 30.7 Å². The van der Waals surface area contributed by atoms with E-state index in [-0.39, 0.29) is 0 Å². The van der Waals surface area contributed by atoms with Gasteiger partial charge in [-0.25, -0.2) is 0 Å². The van der Waals surface area contributed by atoms with Crippen molar-refractivity contribution in [2.75, 3.05) is 0 Å². The fourth-order valence-corrected chi connectivity index (χ4v) is 2.31. The third kappa shape index (κ3) is 1.99. The molecule has 0 aliphatic rings. The van der Waals surface area contributed by atoms with Crippen LogP contribution in [0.25, 0.3) is 11.4 Å². The van der Waals surface area contributed by atoms with E-state index < -0.39 is 0 Å². The molecule has 0 radical (unpaired) electrons. The van der Waals surface area contributed by atoms with Gasteiger partial charge >= 0.3 is 0 Å². The first-order chi connectivity index (χ1) is 7.24. The predicted octanol–water partition coefficient (Wildman–Crippen LogP) is 3.14. The highest BCUT2D eigenvalue weighted by atomic mass is 79.9. The number of aromatic nitrogens is 3. The van der Waals surface area contributed by atoms with Crippen LogP contribution in [0.15, 0.2) is 28.7 Å². The first kappa shape index (κ1) is 10.8. The van der Waals surface area contributed by atoms with Gasteiger partial charge in [0.15, 0.2) is 5.82 Å². The molecular weight excluding hydrogens is 322 g/mol. The van der Waals surface area contributed by atoms with E-state index in [9.17, 15) is 0 Å². The average Bonchev–Trinajstić information content (AvgIpc) is 2.60. The van der Waals surface area contributed by atoms with E-state index in [0.29, 0.717) is 5.33 Å². The SMILES string of the molecule is Cn1c(CBr)nnc1-c1ccccc1Br. The van der Waals surface area contributed by atoms with Gasteiger partial charge in [-0.3, -0.25) is 0 Å². The summed E-state index contributed by atoms with van der Waals surface area (Å²) in [5.41, 5.74) is 1.06. The van der Waals surface area contributed by atoms with E-state index >= 15 is 0 Å². The van der Waals surface area contributed by atoms with Crippen LogP contribution in [0.2, 0.25) is 0 Å². The number of alkyl halides is 1. The fraction of sp³-hybridized carbons (Fsp3) is 0.200. The largest absolute Gasteiger partial charge is 0.313 e. The Morgan fingerprint density at radius 3 is 2.60 bits per heavy atom. The minimum absolute atomic E-state index is 0.709. The van der Waals surface area contributed by atoms with Crippen molar-refractivity contribution in [1.29, 1.82) is 0 Å². The van der Waals surface area contributed by atoms with Gasteiger partial charge in [-0.2, -0.15) is 0 Å². The number of hydrogen-bond acceptors (Lipinski definition) is 2. The van der Waals surface area contributed by atoms with Crippen molar-refractivity contribution in [2.24, 2.45) is 7.05 Å². The van der Waals surface area contributed by atoms with Gasteiger partial charge in [-0.15, -0.1) is 10.2 Å². The highest BCUT2D eigenvalue weighted by Crippen LogP contribution is 2.26. The lowest BCUT2D eigenvalue weighted by Crippen LogP contribution is -1.97. The number of nitrogens with zero attached hydrogens (tertiary/aromatic N) is 3. The van der Waals surface area contributed by atoms with Gasteiger partial charge in [0.05, 0.1) is 5.33 Å². The Morgan fingerprint density at radius 2 is 2.00 bits per heavy atom. The van der Waals surface area contributed by atoms with Gasteiger partial charge in [0, 0.05) is 17.1 Å². The molecule has 2 rings (SSSR count). The molecule has 0 saturated carbocycles. The molecule has 1 heterocycles. The van der Waals surface area contributed by atoms with Crippen molar-refractivity contribution < 1.29 is 0 Å². The molecule has 3 nitrogen and oxygen atoms in total. The zero-order chi connectivity index (χ0) is 10.8. The summed E-state index contributed by atoms with van der Waals surface area (Å²) in [5.74, 6) is 1.79. The Bertz CT molecular complexity index is 479. The molecule has 0 unspecified atom stereocenters. The maximum atomic E-state index is 4.17. The lowest BCUT2D eigenvalue weighted by atomic mass is 10.2. The highest BCUT2D eigenvalue weighted by Gasteiger charge is 2.11. The van der Waals surface area contributed by atoms with Gasteiger partial charge in [-0.05, 0) is 6.07 Å². The second kappa shape index (κ2) is 4.45. The van der Waals surface area contributed by atoms with Crippen molar-refractivity contribution in [3.05, 3.63) is 34.6 Å². The van der Waals surface area contributed by atoms with Crippen molar-refractivity contribution in [3.8, 4) is 11.4 Å². The molecule has 1 aromatic heterocycles. The van der Waals surface area contributed by atoms with E-state index in [1.54, 1.807) is 0 Å². The van der Waals surface area contributed by atoms with E-state index in [0.717, 1.165) is 21.7 Å². The van der Waals surface area contributed by atoms with Crippen molar-refractivity contribution in [1.82, 2.24) is 14.8 Å². The van der Waals surface area contributed by atoms with Crippen LogP contribution in [0.4, 0.5) is 0 Å². The molecule has 15 heavy (non-hydrogen) atoms. The summed E-state index contributed by atoms with van der Waals surface area (Å²) < 4.78 is 3.01. The molecule has 5 heteroatoms. The highest BCUT2D eigenvalue weighted by molar-refractivity contribution is 9.10.